The van der Waals surface area contributed by atoms with E-state index >= 15 is 0 Å². The van der Waals surface area contributed by atoms with Crippen LogP contribution >= 0.6 is 0 Å². The molecule has 3 rings (SSSR count). The van der Waals surface area contributed by atoms with E-state index in [0.717, 1.165) is 44.0 Å². The van der Waals surface area contributed by atoms with Crippen molar-refractivity contribution in [3.63, 3.8) is 0 Å². The Labute approximate surface area is 195 Å². The van der Waals surface area contributed by atoms with Crippen LogP contribution in [0.3, 0.4) is 0 Å². The number of carbonyl (C=O) groups excluding carboxylic acids is 1. The van der Waals surface area contributed by atoms with E-state index < -0.39 is 16.6 Å². The van der Waals surface area contributed by atoms with Gasteiger partial charge in [-0.25, -0.2) is 18.6 Å². The number of nitro groups is 1. The van der Waals surface area contributed by atoms with E-state index in [-0.39, 0.29) is 36.0 Å². The number of nitrogens with zero attached hydrogens (tertiary/aromatic N) is 4. The van der Waals surface area contributed by atoms with Gasteiger partial charge in [0.25, 0.3) is 0 Å². The highest BCUT2D eigenvalue weighted by Crippen LogP contribution is 2.24. The highest BCUT2D eigenvalue weighted by Gasteiger charge is 2.26. The van der Waals surface area contributed by atoms with Crippen molar-refractivity contribution in [3.8, 4) is 0 Å². The molecule has 1 aliphatic heterocycles. The van der Waals surface area contributed by atoms with Crippen LogP contribution < -0.4 is 10.6 Å². The maximum Gasteiger partial charge on any atom is 0.409 e. The number of nitrogens with one attached hydrogen (secondary N) is 2. The average molecular weight is 479 g/mol. The highest BCUT2D eigenvalue weighted by atomic mass is 19.2. The van der Waals surface area contributed by atoms with Crippen LogP contribution in [0, 0.1) is 27.7 Å². The predicted molar refractivity (Wildman–Crippen MR) is 121 cm³/mol. The molecule has 1 unspecified atom stereocenters. The molecule has 2 heterocycles. The molecule has 2 aromatic rings. The Bertz CT molecular complexity index is 1010. The van der Waals surface area contributed by atoms with Crippen molar-refractivity contribution in [1.29, 1.82) is 0 Å². The zero-order chi connectivity index (χ0) is 24.5. The van der Waals surface area contributed by atoms with Crippen molar-refractivity contribution in [2.45, 2.75) is 39.2 Å². The third-order valence-corrected chi connectivity index (χ3v) is 5.46. The lowest BCUT2D eigenvalue weighted by Crippen LogP contribution is -2.42. The number of carbonyl (C=O) groups is 1. The minimum Gasteiger partial charge on any atom is -0.449 e. The molecule has 1 aliphatic rings. The molecule has 0 radical (unpaired) electrons. The predicted octanol–water partition coefficient (Wildman–Crippen LogP) is 4.34. The zero-order valence-corrected chi connectivity index (χ0v) is 18.9. The normalized spacial score (nSPS) is 15.6. The van der Waals surface area contributed by atoms with E-state index in [2.05, 4.69) is 20.6 Å². The summed E-state index contributed by atoms with van der Waals surface area (Å²) < 4.78 is 31.8. The lowest BCUT2D eigenvalue weighted by atomic mass is 9.98. The molecule has 0 bridgehead atoms. The minimum absolute atomic E-state index is 0.0374. The Balaban J connectivity index is 1.60. The zero-order valence-electron chi connectivity index (χ0n) is 18.9. The second kappa shape index (κ2) is 12.1. The van der Waals surface area contributed by atoms with E-state index in [0.29, 0.717) is 31.8 Å². The molecule has 12 heteroatoms. The topological polar surface area (TPSA) is 123 Å². The van der Waals surface area contributed by atoms with Crippen molar-refractivity contribution in [3.05, 3.63) is 51.7 Å². The van der Waals surface area contributed by atoms with Gasteiger partial charge in [-0.2, -0.15) is 4.98 Å². The summed E-state index contributed by atoms with van der Waals surface area (Å²) in [4.78, 5) is 32.9. The maximum absolute atomic E-state index is 13.4. The molecule has 1 aromatic heterocycles. The summed E-state index contributed by atoms with van der Waals surface area (Å²) >= 11 is 0. The van der Waals surface area contributed by atoms with Gasteiger partial charge in [0, 0.05) is 26.2 Å². The van der Waals surface area contributed by atoms with Gasteiger partial charge in [0.2, 0.25) is 11.8 Å². The first-order valence-electron chi connectivity index (χ1n) is 11.2. The van der Waals surface area contributed by atoms with Gasteiger partial charge in [-0.15, -0.1) is 0 Å². The van der Waals surface area contributed by atoms with Gasteiger partial charge in [0.05, 0.1) is 11.5 Å². The number of rotatable bonds is 10. The molecule has 1 aromatic carbocycles. The van der Waals surface area contributed by atoms with Gasteiger partial charge >= 0.3 is 11.8 Å². The van der Waals surface area contributed by atoms with Crippen molar-refractivity contribution < 1.29 is 23.2 Å². The first kappa shape index (κ1) is 25.1. The van der Waals surface area contributed by atoms with Gasteiger partial charge in [0.15, 0.2) is 11.6 Å². The first-order valence-corrected chi connectivity index (χ1v) is 11.2. The van der Waals surface area contributed by atoms with E-state index in [1.165, 1.54) is 6.07 Å². The van der Waals surface area contributed by atoms with Crippen molar-refractivity contribution in [2.75, 3.05) is 36.9 Å². The van der Waals surface area contributed by atoms with Gasteiger partial charge in [-0.1, -0.05) is 19.4 Å². The Morgan fingerprint density at radius 1 is 1.32 bits per heavy atom. The molecule has 34 heavy (non-hydrogen) atoms. The number of benzene rings is 1. The monoisotopic (exact) mass is 478 g/mol. The third-order valence-electron chi connectivity index (χ3n) is 5.46. The Hall–Kier alpha value is -3.57. The van der Waals surface area contributed by atoms with E-state index in [9.17, 15) is 23.7 Å². The Morgan fingerprint density at radius 3 is 2.88 bits per heavy atom. The van der Waals surface area contributed by atoms with Gasteiger partial charge in [-0.05, 0) is 42.9 Å². The maximum atomic E-state index is 13.4. The standard InChI is InChI=1S/C22H28F2N6O4/c1-2-3-9-34-22(31)29-8-4-5-16(14-29)12-25-20-19(30(32)33)13-27-21(28-20)26-11-15-6-7-17(23)18(24)10-15/h6-7,10,13,16H,2-5,8-9,11-12,14H2,1H3,(H2,25,26,27,28). The number of hydrogen-bond acceptors (Lipinski definition) is 8. The fourth-order valence-electron chi connectivity index (χ4n) is 3.59. The molecule has 1 fully saturated rings. The van der Waals surface area contributed by atoms with Gasteiger partial charge in [0.1, 0.15) is 6.20 Å². The van der Waals surface area contributed by atoms with Gasteiger partial charge < -0.3 is 20.3 Å². The summed E-state index contributed by atoms with van der Waals surface area (Å²) in [6.45, 7) is 3.99. The van der Waals surface area contributed by atoms with Crippen LogP contribution in [0.5, 0.6) is 0 Å². The van der Waals surface area contributed by atoms with Crippen LogP contribution in [0.4, 0.5) is 31.0 Å². The summed E-state index contributed by atoms with van der Waals surface area (Å²) in [5.74, 6) is -1.71. The second-order valence-corrected chi connectivity index (χ2v) is 8.09. The number of hydrogen-bond donors (Lipinski definition) is 2. The molecule has 1 atom stereocenters. The van der Waals surface area contributed by atoms with E-state index in [4.69, 9.17) is 4.74 Å². The van der Waals surface area contributed by atoms with Crippen LogP contribution in [-0.2, 0) is 11.3 Å². The SMILES string of the molecule is CCCCOC(=O)N1CCCC(CNc2nc(NCc3ccc(F)c(F)c3)ncc2[N+](=O)[O-])C1. The van der Waals surface area contributed by atoms with Gasteiger partial charge in [-0.3, -0.25) is 10.1 Å². The minimum atomic E-state index is -0.970. The molecular weight excluding hydrogens is 450 g/mol. The Kier molecular flexibility index (Phi) is 8.88. The quantitative estimate of drug-likeness (QED) is 0.294. The summed E-state index contributed by atoms with van der Waals surface area (Å²) in [5, 5.41) is 17.3. The number of anilines is 2. The van der Waals surface area contributed by atoms with Crippen LogP contribution in [0.15, 0.2) is 24.4 Å². The molecule has 1 saturated heterocycles. The summed E-state index contributed by atoms with van der Waals surface area (Å²) in [5.41, 5.74) is 0.175. The van der Waals surface area contributed by atoms with Crippen molar-refractivity contribution in [2.24, 2.45) is 5.92 Å². The number of aromatic nitrogens is 2. The molecule has 184 valence electrons. The molecule has 0 saturated carbocycles. The van der Waals surface area contributed by atoms with Crippen molar-refractivity contribution >= 4 is 23.5 Å². The van der Waals surface area contributed by atoms with Crippen LogP contribution in [-0.4, -0.2) is 52.1 Å². The lowest BCUT2D eigenvalue weighted by molar-refractivity contribution is -0.384. The number of piperidine rings is 1. The van der Waals surface area contributed by atoms with Crippen LogP contribution in [0.25, 0.3) is 0 Å². The molecule has 0 spiro atoms. The first-order chi connectivity index (χ1) is 16.4. The lowest BCUT2D eigenvalue weighted by Gasteiger charge is -2.32. The third kappa shape index (κ3) is 6.96. The molecule has 2 N–H and O–H groups in total. The number of amides is 1. The molecule has 10 nitrogen and oxygen atoms in total. The number of halogens is 2. The smallest absolute Gasteiger partial charge is 0.409 e. The average Bonchev–Trinajstić information content (AvgIpc) is 2.83. The number of unbranched alkanes of at least 4 members (excludes halogenated alkanes) is 1. The number of likely N-dealkylation sites (tertiary alicyclic amines) is 1. The Morgan fingerprint density at radius 2 is 2.15 bits per heavy atom. The second-order valence-electron chi connectivity index (χ2n) is 8.09. The summed E-state index contributed by atoms with van der Waals surface area (Å²) in [6.07, 6.45) is 4.16. The van der Waals surface area contributed by atoms with Crippen LogP contribution in [0.1, 0.15) is 38.2 Å². The van der Waals surface area contributed by atoms with Crippen molar-refractivity contribution in [1.82, 2.24) is 14.9 Å². The molecule has 0 aliphatic carbocycles. The highest BCUT2D eigenvalue weighted by molar-refractivity contribution is 5.67. The summed E-state index contributed by atoms with van der Waals surface area (Å²) in [7, 11) is 0. The van der Waals surface area contributed by atoms with Crippen LogP contribution in [0.2, 0.25) is 0 Å². The summed E-state index contributed by atoms with van der Waals surface area (Å²) in [6, 6.07) is 3.48. The fourth-order valence-corrected chi connectivity index (χ4v) is 3.59. The largest absolute Gasteiger partial charge is 0.449 e. The molecular formula is C22H28F2N6O4. The fraction of sp³-hybridized carbons (Fsp3) is 0.500. The number of ether oxygens (including phenoxy) is 1. The molecule has 1 amide bonds. The van der Waals surface area contributed by atoms with E-state index in [1.54, 1.807) is 4.90 Å². The van der Waals surface area contributed by atoms with E-state index in [1.807, 2.05) is 6.92 Å².